The van der Waals surface area contributed by atoms with Gasteiger partial charge < -0.3 is 10.6 Å². The van der Waals surface area contributed by atoms with Gasteiger partial charge in [0.05, 0.1) is 5.69 Å². The van der Waals surface area contributed by atoms with E-state index in [1.807, 2.05) is 0 Å². The number of carbonyl (C=O) groups is 1. The molecule has 2 atom stereocenters. The molecule has 1 spiro atoms. The SMILES string of the molecule is CC(C)n1cc2c(n1)CC(NC(=O)C1CC13CCNCC3)CC2. The highest BCUT2D eigenvalue weighted by molar-refractivity contribution is 5.83. The number of piperidine rings is 1. The third-order valence-corrected chi connectivity index (χ3v) is 6.08. The Bertz CT molecular complexity index is 600. The minimum Gasteiger partial charge on any atom is -0.353 e. The summed E-state index contributed by atoms with van der Waals surface area (Å²) in [5, 5.41) is 11.4. The molecule has 5 nitrogen and oxygen atoms in total. The van der Waals surface area contributed by atoms with Gasteiger partial charge >= 0.3 is 0 Å². The van der Waals surface area contributed by atoms with E-state index in [1.54, 1.807) is 0 Å². The molecule has 1 aliphatic heterocycles. The van der Waals surface area contributed by atoms with Crippen molar-refractivity contribution in [3.8, 4) is 0 Å². The second-order valence-electron chi connectivity index (χ2n) is 7.99. The summed E-state index contributed by atoms with van der Waals surface area (Å²) in [4.78, 5) is 12.6. The standard InChI is InChI=1S/C18H28N4O/c1-12(2)22-11-13-3-4-14(9-16(13)21-22)20-17(23)15-10-18(15)5-7-19-8-6-18/h11-12,14-15,19H,3-10H2,1-2H3,(H,20,23). The Morgan fingerprint density at radius 1 is 1.43 bits per heavy atom. The van der Waals surface area contributed by atoms with E-state index in [1.165, 1.54) is 24.1 Å². The van der Waals surface area contributed by atoms with Crippen LogP contribution in [0.3, 0.4) is 0 Å². The van der Waals surface area contributed by atoms with E-state index < -0.39 is 0 Å². The Morgan fingerprint density at radius 2 is 2.22 bits per heavy atom. The highest BCUT2D eigenvalue weighted by Crippen LogP contribution is 2.58. The van der Waals surface area contributed by atoms with Crippen LogP contribution in [0, 0.1) is 11.3 Å². The first-order valence-electron chi connectivity index (χ1n) is 9.15. The summed E-state index contributed by atoms with van der Waals surface area (Å²) in [5.41, 5.74) is 2.88. The highest BCUT2D eigenvalue weighted by Gasteiger charge is 2.57. The molecule has 0 aromatic carbocycles. The minimum atomic E-state index is 0.263. The quantitative estimate of drug-likeness (QED) is 0.894. The predicted octanol–water partition coefficient (Wildman–Crippen LogP) is 1.83. The van der Waals surface area contributed by atoms with Gasteiger partial charge in [-0.25, -0.2) is 0 Å². The van der Waals surface area contributed by atoms with Crippen molar-refractivity contribution in [2.75, 3.05) is 13.1 Å². The first-order chi connectivity index (χ1) is 11.1. The second kappa shape index (κ2) is 5.62. The number of hydrogen-bond acceptors (Lipinski definition) is 3. The molecule has 2 unspecified atom stereocenters. The van der Waals surface area contributed by atoms with Crippen LogP contribution in [-0.4, -0.2) is 34.8 Å². The third kappa shape index (κ3) is 2.80. The Balaban J connectivity index is 1.36. The zero-order chi connectivity index (χ0) is 16.0. The molecule has 2 heterocycles. The lowest BCUT2D eigenvalue weighted by molar-refractivity contribution is -0.124. The average Bonchev–Trinajstić information content (AvgIpc) is 3.05. The van der Waals surface area contributed by atoms with Crippen LogP contribution < -0.4 is 10.6 Å². The molecule has 126 valence electrons. The average molecular weight is 316 g/mol. The number of aryl methyl sites for hydroxylation is 1. The molecular formula is C18H28N4O. The maximum Gasteiger partial charge on any atom is 0.223 e. The first-order valence-corrected chi connectivity index (χ1v) is 9.15. The van der Waals surface area contributed by atoms with Gasteiger partial charge in [0.1, 0.15) is 0 Å². The van der Waals surface area contributed by atoms with Gasteiger partial charge in [-0.2, -0.15) is 5.10 Å². The van der Waals surface area contributed by atoms with Crippen LogP contribution in [0.2, 0.25) is 0 Å². The summed E-state index contributed by atoms with van der Waals surface area (Å²) < 4.78 is 2.06. The lowest BCUT2D eigenvalue weighted by Gasteiger charge is -2.25. The first kappa shape index (κ1) is 15.2. The van der Waals surface area contributed by atoms with Crippen molar-refractivity contribution in [2.45, 2.75) is 64.5 Å². The summed E-state index contributed by atoms with van der Waals surface area (Å²) in [6, 6.07) is 0.671. The maximum atomic E-state index is 12.6. The van der Waals surface area contributed by atoms with Crippen LogP contribution in [0.5, 0.6) is 0 Å². The Hall–Kier alpha value is -1.36. The van der Waals surface area contributed by atoms with Crippen LogP contribution in [0.4, 0.5) is 0 Å². The van der Waals surface area contributed by atoms with Gasteiger partial charge in [-0.1, -0.05) is 0 Å². The molecule has 1 aromatic heterocycles. The number of fused-ring (bicyclic) bond motifs is 1. The van der Waals surface area contributed by atoms with Crippen molar-refractivity contribution in [3.63, 3.8) is 0 Å². The zero-order valence-electron chi connectivity index (χ0n) is 14.3. The van der Waals surface area contributed by atoms with Crippen molar-refractivity contribution in [1.82, 2.24) is 20.4 Å². The second-order valence-corrected chi connectivity index (χ2v) is 7.99. The van der Waals surface area contributed by atoms with Crippen LogP contribution in [0.15, 0.2) is 6.20 Å². The van der Waals surface area contributed by atoms with E-state index in [0.29, 0.717) is 17.4 Å². The van der Waals surface area contributed by atoms with E-state index in [-0.39, 0.29) is 12.0 Å². The van der Waals surface area contributed by atoms with Gasteiger partial charge in [0.2, 0.25) is 5.91 Å². The van der Waals surface area contributed by atoms with E-state index >= 15 is 0 Å². The molecule has 1 amide bonds. The fraction of sp³-hybridized carbons (Fsp3) is 0.778. The van der Waals surface area contributed by atoms with Crippen LogP contribution in [-0.2, 0) is 17.6 Å². The van der Waals surface area contributed by atoms with Crippen molar-refractivity contribution < 1.29 is 4.79 Å². The molecule has 1 saturated carbocycles. The molecule has 5 heteroatoms. The summed E-state index contributed by atoms with van der Waals surface area (Å²) in [6.07, 6.45) is 8.58. The molecule has 0 radical (unpaired) electrons. The molecule has 2 fully saturated rings. The summed E-state index contributed by atoms with van der Waals surface area (Å²) in [6.45, 7) is 6.46. The highest BCUT2D eigenvalue weighted by atomic mass is 16.2. The molecule has 1 saturated heterocycles. The number of amides is 1. The van der Waals surface area contributed by atoms with Gasteiger partial charge in [-0.3, -0.25) is 9.48 Å². The normalized spacial score (nSPS) is 28.7. The molecule has 2 N–H and O–H groups in total. The van der Waals surface area contributed by atoms with Gasteiger partial charge in [-0.05, 0) is 70.0 Å². The number of hydrogen-bond donors (Lipinski definition) is 2. The predicted molar refractivity (Wildman–Crippen MR) is 89.2 cm³/mol. The number of rotatable bonds is 3. The summed E-state index contributed by atoms with van der Waals surface area (Å²) >= 11 is 0. The molecule has 23 heavy (non-hydrogen) atoms. The van der Waals surface area contributed by atoms with E-state index in [2.05, 4.69) is 35.4 Å². The number of carbonyl (C=O) groups excluding carboxylic acids is 1. The Labute approximate surface area is 138 Å². The fourth-order valence-corrected chi connectivity index (χ4v) is 4.40. The topological polar surface area (TPSA) is 59.0 Å². The number of aromatic nitrogens is 2. The van der Waals surface area contributed by atoms with Crippen molar-refractivity contribution in [2.24, 2.45) is 11.3 Å². The minimum absolute atomic E-state index is 0.263. The molecule has 4 rings (SSSR count). The number of nitrogens with one attached hydrogen (secondary N) is 2. The van der Waals surface area contributed by atoms with Gasteiger partial charge in [-0.15, -0.1) is 0 Å². The van der Waals surface area contributed by atoms with Gasteiger partial charge in [0.15, 0.2) is 0 Å². The van der Waals surface area contributed by atoms with Crippen LogP contribution >= 0.6 is 0 Å². The van der Waals surface area contributed by atoms with Gasteiger partial charge in [0.25, 0.3) is 0 Å². The molecule has 0 bridgehead atoms. The van der Waals surface area contributed by atoms with E-state index in [9.17, 15) is 4.79 Å². The van der Waals surface area contributed by atoms with Gasteiger partial charge in [0, 0.05) is 30.6 Å². The van der Waals surface area contributed by atoms with Crippen molar-refractivity contribution in [1.29, 1.82) is 0 Å². The third-order valence-electron chi connectivity index (χ3n) is 6.08. The molecule has 2 aliphatic carbocycles. The Morgan fingerprint density at radius 3 is 2.96 bits per heavy atom. The smallest absolute Gasteiger partial charge is 0.223 e. The lowest BCUT2D eigenvalue weighted by Crippen LogP contribution is -2.41. The van der Waals surface area contributed by atoms with E-state index in [4.69, 9.17) is 5.10 Å². The van der Waals surface area contributed by atoms with Crippen LogP contribution in [0.25, 0.3) is 0 Å². The zero-order valence-corrected chi connectivity index (χ0v) is 14.3. The summed E-state index contributed by atoms with van der Waals surface area (Å²) in [5.74, 6) is 0.558. The maximum absolute atomic E-state index is 12.6. The fourth-order valence-electron chi connectivity index (χ4n) is 4.40. The largest absolute Gasteiger partial charge is 0.353 e. The van der Waals surface area contributed by atoms with Crippen molar-refractivity contribution >= 4 is 5.91 Å². The lowest BCUT2D eigenvalue weighted by atomic mass is 9.91. The van der Waals surface area contributed by atoms with Crippen LogP contribution in [0.1, 0.15) is 56.8 Å². The monoisotopic (exact) mass is 316 g/mol. The Kier molecular flexibility index (Phi) is 3.71. The molecule has 1 aromatic rings. The molecule has 3 aliphatic rings. The van der Waals surface area contributed by atoms with E-state index in [0.717, 1.165) is 38.8 Å². The van der Waals surface area contributed by atoms with Crippen molar-refractivity contribution in [3.05, 3.63) is 17.5 Å². The molecular weight excluding hydrogens is 288 g/mol. The number of nitrogens with zero attached hydrogens (tertiary/aromatic N) is 2. The summed E-state index contributed by atoms with van der Waals surface area (Å²) in [7, 11) is 0.